The number of ether oxygens (including phenoxy) is 1. The van der Waals surface area contributed by atoms with Crippen LogP contribution in [-0.4, -0.2) is 29.9 Å². The molecule has 1 aromatic carbocycles. The highest BCUT2D eigenvalue weighted by atomic mass is 35.5. The second kappa shape index (κ2) is 6.65. The van der Waals surface area contributed by atoms with E-state index in [1.807, 2.05) is 24.3 Å². The lowest BCUT2D eigenvalue weighted by Gasteiger charge is -2.05. The van der Waals surface area contributed by atoms with E-state index in [0.717, 1.165) is 5.56 Å². The third kappa shape index (κ3) is 4.31. The van der Waals surface area contributed by atoms with Crippen LogP contribution in [0.4, 0.5) is 0 Å². The van der Waals surface area contributed by atoms with Crippen molar-refractivity contribution in [1.82, 2.24) is 10.1 Å². The lowest BCUT2D eigenvalue weighted by Crippen LogP contribution is -2.28. The number of hydrogen-bond donors (Lipinski definition) is 1. The summed E-state index contributed by atoms with van der Waals surface area (Å²) in [5.74, 6) is 1.18. The maximum absolute atomic E-state index is 5.83. The summed E-state index contributed by atoms with van der Waals surface area (Å²) in [5, 5.41) is 4.64. The van der Waals surface area contributed by atoms with E-state index in [9.17, 15) is 0 Å². The molecule has 5 nitrogen and oxygen atoms in total. The fraction of sp³-hybridized carbons (Fsp3) is 0.385. The Morgan fingerprint density at radius 1 is 1.37 bits per heavy atom. The van der Waals surface area contributed by atoms with E-state index in [4.69, 9.17) is 26.6 Å². The summed E-state index contributed by atoms with van der Waals surface area (Å²) in [6.07, 6.45) is 1.13. The first-order valence-corrected chi connectivity index (χ1v) is 6.35. The molecule has 0 aliphatic carbocycles. The molecule has 0 saturated heterocycles. The van der Waals surface area contributed by atoms with E-state index in [2.05, 4.69) is 10.1 Å². The Kier molecular flexibility index (Phi) is 4.90. The smallest absolute Gasteiger partial charge is 0.228 e. The van der Waals surface area contributed by atoms with Gasteiger partial charge < -0.3 is 15.0 Å². The van der Waals surface area contributed by atoms with Crippen molar-refractivity contribution >= 4 is 11.6 Å². The quantitative estimate of drug-likeness (QED) is 0.874. The van der Waals surface area contributed by atoms with Crippen LogP contribution in [0, 0.1) is 0 Å². The molecule has 0 fully saturated rings. The van der Waals surface area contributed by atoms with Crippen LogP contribution in [0.1, 0.15) is 17.3 Å². The zero-order valence-electron chi connectivity index (χ0n) is 10.7. The molecule has 2 aromatic rings. The first kappa shape index (κ1) is 14.0. The molecule has 1 aromatic heterocycles. The van der Waals surface area contributed by atoms with Gasteiger partial charge in [0, 0.05) is 31.0 Å². The summed E-state index contributed by atoms with van der Waals surface area (Å²) < 4.78 is 10.1. The Hall–Kier alpha value is -1.43. The summed E-state index contributed by atoms with van der Waals surface area (Å²) in [5.41, 5.74) is 6.91. The van der Waals surface area contributed by atoms with Gasteiger partial charge in [-0.1, -0.05) is 28.9 Å². The predicted molar refractivity (Wildman–Crippen MR) is 72.1 cm³/mol. The summed E-state index contributed by atoms with van der Waals surface area (Å²) >= 11 is 5.83. The average molecular weight is 282 g/mol. The second-order valence-electron chi connectivity index (χ2n) is 4.33. The van der Waals surface area contributed by atoms with Gasteiger partial charge in [0.1, 0.15) is 0 Å². The second-order valence-corrected chi connectivity index (χ2v) is 4.76. The van der Waals surface area contributed by atoms with Crippen molar-refractivity contribution in [1.29, 1.82) is 0 Å². The number of aromatic nitrogens is 2. The van der Waals surface area contributed by atoms with Gasteiger partial charge in [0.25, 0.3) is 0 Å². The molecule has 0 bridgehead atoms. The summed E-state index contributed by atoms with van der Waals surface area (Å²) in [6.45, 7) is 0.467. The SMILES string of the molecule is COCC(N)Cc1nc(Cc2ccc(Cl)cc2)no1. The minimum atomic E-state index is -0.131. The minimum Gasteiger partial charge on any atom is -0.383 e. The molecule has 1 atom stereocenters. The van der Waals surface area contributed by atoms with Gasteiger partial charge in [-0.2, -0.15) is 4.98 Å². The third-order valence-electron chi connectivity index (χ3n) is 2.60. The number of benzene rings is 1. The molecule has 1 heterocycles. The van der Waals surface area contributed by atoms with Gasteiger partial charge in [0.2, 0.25) is 5.89 Å². The lowest BCUT2D eigenvalue weighted by atomic mass is 10.1. The molecule has 0 saturated carbocycles. The van der Waals surface area contributed by atoms with Gasteiger partial charge in [-0.25, -0.2) is 0 Å². The Balaban J connectivity index is 1.95. The van der Waals surface area contributed by atoms with Crippen LogP contribution in [0.5, 0.6) is 0 Å². The zero-order valence-corrected chi connectivity index (χ0v) is 11.4. The Labute approximate surface area is 116 Å². The highest BCUT2D eigenvalue weighted by Crippen LogP contribution is 2.12. The van der Waals surface area contributed by atoms with Crippen LogP contribution in [0.25, 0.3) is 0 Å². The molecule has 19 heavy (non-hydrogen) atoms. The molecule has 102 valence electrons. The largest absolute Gasteiger partial charge is 0.383 e. The van der Waals surface area contributed by atoms with Crippen LogP contribution in [-0.2, 0) is 17.6 Å². The van der Waals surface area contributed by atoms with Crippen molar-refractivity contribution in [2.45, 2.75) is 18.9 Å². The van der Waals surface area contributed by atoms with Gasteiger partial charge in [-0.3, -0.25) is 0 Å². The van der Waals surface area contributed by atoms with Crippen LogP contribution in [0.3, 0.4) is 0 Å². The first-order chi connectivity index (χ1) is 9.17. The van der Waals surface area contributed by atoms with Crippen molar-refractivity contribution in [3.05, 3.63) is 46.6 Å². The highest BCUT2D eigenvalue weighted by Gasteiger charge is 2.11. The number of nitrogens with two attached hydrogens (primary N) is 1. The van der Waals surface area contributed by atoms with Crippen LogP contribution in [0.15, 0.2) is 28.8 Å². The monoisotopic (exact) mass is 281 g/mol. The van der Waals surface area contributed by atoms with Crippen molar-refractivity contribution in [3.8, 4) is 0 Å². The van der Waals surface area contributed by atoms with E-state index in [-0.39, 0.29) is 6.04 Å². The number of nitrogens with zero attached hydrogens (tertiary/aromatic N) is 2. The van der Waals surface area contributed by atoms with E-state index in [0.29, 0.717) is 36.2 Å². The van der Waals surface area contributed by atoms with Crippen molar-refractivity contribution in [2.75, 3.05) is 13.7 Å². The van der Waals surface area contributed by atoms with Gasteiger partial charge in [-0.05, 0) is 17.7 Å². The maximum atomic E-state index is 5.83. The summed E-state index contributed by atoms with van der Waals surface area (Å²) in [4.78, 5) is 4.30. The summed E-state index contributed by atoms with van der Waals surface area (Å²) in [7, 11) is 1.61. The number of rotatable bonds is 6. The standard InChI is InChI=1S/C13H16ClN3O2/c1-18-8-11(15)7-13-16-12(17-19-13)6-9-2-4-10(14)5-3-9/h2-5,11H,6-8,15H2,1H3. The van der Waals surface area contributed by atoms with Crippen molar-refractivity contribution in [3.63, 3.8) is 0 Å². The van der Waals surface area contributed by atoms with Gasteiger partial charge in [-0.15, -0.1) is 0 Å². The van der Waals surface area contributed by atoms with Crippen LogP contribution >= 0.6 is 11.6 Å². The van der Waals surface area contributed by atoms with Crippen LogP contribution < -0.4 is 5.73 Å². The maximum Gasteiger partial charge on any atom is 0.228 e. The molecule has 0 spiro atoms. The lowest BCUT2D eigenvalue weighted by molar-refractivity contribution is 0.176. The van der Waals surface area contributed by atoms with Crippen molar-refractivity contribution < 1.29 is 9.26 Å². The fourth-order valence-corrected chi connectivity index (χ4v) is 1.85. The Morgan fingerprint density at radius 3 is 2.79 bits per heavy atom. The molecule has 6 heteroatoms. The molecule has 0 aliphatic rings. The number of halogens is 1. The Bertz CT molecular complexity index is 513. The molecule has 2 rings (SSSR count). The van der Waals surface area contributed by atoms with Crippen molar-refractivity contribution in [2.24, 2.45) is 5.73 Å². The summed E-state index contributed by atoms with van der Waals surface area (Å²) in [6, 6.07) is 7.43. The molecule has 0 radical (unpaired) electrons. The van der Waals surface area contributed by atoms with Gasteiger partial charge >= 0.3 is 0 Å². The van der Waals surface area contributed by atoms with Gasteiger partial charge in [0.05, 0.1) is 6.61 Å². The van der Waals surface area contributed by atoms with E-state index < -0.39 is 0 Å². The molecule has 2 N–H and O–H groups in total. The van der Waals surface area contributed by atoms with Crippen LogP contribution in [0.2, 0.25) is 5.02 Å². The molecular formula is C13H16ClN3O2. The zero-order chi connectivity index (χ0) is 13.7. The average Bonchev–Trinajstić information content (AvgIpc) is 2.80. The predicted octanol–water partition coefficient (Wildman–Crippen LogP) is 1.83. The minimum absolute atomic E-state index is 0.131. The third-order valence-corrected chi connectivity index (χ3v) is 2.86. The first-order valence-electron chi connectivity index (χ1n) is 5.98. The fourth-order valence-electron chi connectivity index (χ4n) is 1.73. The normalized spacial score (nSPS) is 12.6. The Morgan fingerprint density at radius 2 is 2.11 bits per heavy atom. The highest BCUT2D eigenvalue weighted by molar-refractivity contribution is 6.30. The number of hydrogen-bond acceptors (Lipinski definition) is 5. The van der Waals surface area contributed by atoms with E-state index in [1.165, 1.54) is 0 Å². The molecular weight excluding hydrogens is 266 g/mol. The molecule has 0 aliphatic heterocycles. The topological polar surface area (TPSA) is 74.2 Å². The number of methoxy groups -OCH3 is 1. The van der Waals surface area contributed by atoms with Gasteiger partial charge in [0.15, 0.2) is 5.82 Å². The van der Waals surface area contributed by atoms with E-state index >= 15 is 0 Å². The molecule has 0 amide bonds. The van der Waals surface area contributed by atoms with E-state index in [1.54, 1.807) is 7.11 Å². The molecule has 1 unspecified atom stereocenters.